The van der Waals surface area contributed by atoms with E-state index in [2.05, 4.69) is 15.5 Å². The average Bonchev–Trinajstić information content (AvgIpc) is 2.96. The number of pyridine rings is 2. The molecule has 0 fully saturated rings. The molecule has 0 spiro atoms. The zero-order valence-electron chi connectivity index (χ0n) is 11.8. The fraction of sp³-hybridized carbons (Fsp3) is 0.0667. The van der Waals surface area contributed by atoms with Crippen molar-refractivity contribution in [3.8, 4) is 11.1 Å². The molecule has 0 atom stereocenters. The third kappa shape index (κ3) is 2.78. The van der Waals surface area contributed by atoms with E-state index in [-0.39, 0.29) is 5.56 Å². The Morgan fingerprint density at radius 2 is 2.05 bits per heavy atom. The van der Waals surface area contributed by atoms with Gasteiger partial charge in [0.2, 0.25) is 0 Å². The minimum absolute atomic E-state index is 0.313. The van der Waals surface area contributed by atoms with E-state index in [4.69, 9.17) is 0 Å². The van der Waals surface area contributed by atoms with Gasteiger partial charge in [0.1, 0.15) is 0 Å². The number of carbonyl (C=O) groups excluding carboxylic acids is 1. The Bertz CT molecular complexity index is 881. The van der Waals surface area contributed by atoms with Crippen molar-refractivity contribution in [1.82, 2.24) is 19.4 Å². The third-order valence-corrected chi connectivity index (χ3v) is 3.08. The van der Waals surface area contributed by atoms with E-state index in [0.717, 1.165) is 15.8 Å². The fourth-order valence-electron chi connectivity index (χ4n) is 1.99. The molecule has 3 aromatic rings. The monoisotopic (exact) mass is 295 g/mol. The van der Waals surface area contributed by atoms with E-state index in [1.54, 1.807) is 35.3 Å². The quantitative estimate of drug-likeness (QED) is 0.782. The van der Waals surface area contributed by atoms with Crippen LogP contribution in [0, 0.1) is 0 Å². The van der Waals surface area contributed by atoms with Crippen LogP contribution in [-0.2, 0) is 7.05 Å². The number of rotatable bonds is 3. The first-order valence-electron chi connectivity index (χ1n) is 6.56. The summed E-state index contributed by atoms with van der Waals surface area (Å²) >= 11 is 0. The van der Waals surface area contributed by atoms with Crippen molar-refractivity contribution in [2.24, 2.45) is 7.05 Å². The lowest BCUT2D eigenvalue weighted by molar-refractivity contribution is 0.101. The van der Waals surface area contributed by atoms with E-state index in [0.29, 0.717) is 5.56 Å². The van der Waals surface area contributed by atoms with Crippen molar-refractivity contribution < 1.29 is 4.79 Å². The molecule has 0 aliphatic heterocycles. The standard InChI is InChI=1S/C15H13N5O2/c1-19-10-13(9-17-19)11-6-12(8-16-7-11)15(22)18-20-5-3-2-4-14(20)21/h2-10H,1H3,(H,18,22). The largest absolute Gasteiger partial charge is 0.275 e. The molecule has 0 aromatic carbocycles. The van der Waals surface area contributed by atoms with Crippen molar-refractivity contribution in [2.75, 3.05) is 5.43 Å². The molecular weight excluding hydrogens is 282 g/mol. The molecule has 110 valence electrons. The summed E-state index contributed by atoms with van der Waals surface area (Å²) in [4.78, 5) is 27.9. The first kappa shape index (κ1) is 13.7. The SMILES string of the molecule is Cn1cc(-c2cncc(C(=O)Nn3ccccc3=O)c2)cn1. The average molecular weight is 295 g/mol. The zero-order valence-corrected chi connectivity index (χ0v) is 11.8. The van der Waals surface area contributed by atoms with E-state index < -0.39 is 5.91 Å². The zero-order chi connectivity index (χ0) is 15.5. The Morgan fingerprint density at radius 1 is 1.18 bits per heavy atom. The van der Waals surface area contributed by atoms with Crippen molar-refractivity contribution in [2.45, 2.75) is 0 Å². The third-order valence-electron chi connectivity index (χ3n) is 3.08. The van der Waals surface area contributed by atoms with E-state index in [1.807, 2.05) is 13.2 Å². The molecule has 22 heavy (non-hydrogen) atoms. The molecule has 0 unspecified atom stereocenters. The van der Waals surface area contributed by atoms with Crippen LogP contribution in [0.4, 0.5) is 0 Å². The topological polar surface area (TPSA) is 81.8 Å². The lowest BCUT2D eigenvalue weighted by Gasteiger charge is -2.07. The van der Waals surface area contributed by atoms with Crippen LogP contribution in [0.25, 0.3) is 11.1 Å². The van der Waals surface area contributed by atoms with Gasteiger partial charge in [0.05, 0.1) is 11.8 Å². The summed E-state index contributed by atoms with van der Waals surface area (Å²) in [5, 5.41) is 4.09. The number of nitrogens with one attached hydrogen (secondary N) is 1. The molecule has 0 aliphatic carbocycles. The van der Waals surface area contributed by atoms with Gasteiger partial charge in [0.25, 0.3) is 11.5 Å². The molecule has 0 aliphatic rings. The van der Waals surface area contributed by atoms with Gasteiger partial charge in [-0.05, 0) is 12.1 Å². The van der Waals surface area contributed by atoms with Gasteiger partial charge >= 0.3 is 0 Å². The molecule has 0 saturated heterocycles. The number of aryl methyl sites for hydroxylation is 1. The first-order valence-corrected chi connectivity index (χ1v) is 6.56. The molecule has 0 saturated carbocycles. The summed E-state index contributed by atoms with van der Waals surface area (Å²) in [6.45, 7) is 0. The maximum Gasteiger partial charge on any atom is 0.271 e. The number of amides is 1. The van der Waals surface area contributed by atoms with E-state index in [1.165, 1.54) is 18.5 Å². The summed E-state index contributed by atoms with van der Waals surface area (Å²) < 4.78 is 2.80. The van der Waals surface area contributed by atoms with Crippen molar-refractivity contribution >= 4 is 5.91 Å². The summed E-state index contributed by atoms with van der Waals surface area (Å²) in [6, 6.07) is 6.33. The summed E-state index contributed by atoms with van der Waals surface area (Å²) in [5.74, 6) is -0.411. The Morgan fingerprint density at radius 3 is 2.77 bits per heavy atom. The molecule has 0 radical (unpaired) electrons. The fourth-order valence-corrected chi connectivity index (χ4v) is 1.99. The molecule has 3 aromatic heterocycles. The van der Waals surface area contributed by atoms with Gasteiger partial charge in [-0.1, -0.05) is 6.07 Å². The first-order chi connectivity index (χ1) is 10.6. The molecule has 7 nitrogen and oxygen atoms in total. The van der Waals surface area contributed by atoms with Gasteiger partial charge < -0.3 is 0 Å². The number of carbonyl (C=O) groups is 1. The van der Waals surface area contributed by atoms with Crippen LogP contribution < -0.4 is 11.0 Å². The molecule has 1 N–H and O–H groups in total. The minimum Gasteiger partial charge on any atom is -0.275 e. The molecule has 1 amide bonds. The van der Waals surface area contributed by atoms with Crippen LogP contribution in [0.3, 0.4) is 0 Å². The van der Waals surface area contributed by atoms with Gasteiger partial charge in [-0.2, -0.15) is 5.10 Å². The Kier molecular flexibility index (Phi) is 3.53. The van der Waals surface area contributed by atoms with Gasteiger partial charge in [0.15, 0.2) is 0 Å². The van der Waals surface area contributed by atoms with Crippen molar-refractivity contribution in [1.29, 1.82) is 0 Å². The van der Waals surface area contributed by atoms with E-state index in [9.17, 15) is 9.59 Å². The van der Waals surface area contributed by atoms with Crippen LogP contribution in [0.1, 0.15) is 10.4 Å². The van der Waals surface area contributed by atoms with Gasteiger partial charge in [-0.3, -0.25) is 24.7 Å². The van der Waals surface area contributed by atoms with Gasteiger partial charge in [-0.15, -0.1) is 0 Å². The maximum absolute atomic E-state index is 12.2. The molecule has 3 heterocycles. The van der Waals surface area contributed by atoms with Crippen LogP contribution in [-0.4, -0.2) is 25.3 Å². The normalized spacial score (nSPS) is 10.4. The Labute approximate surface area is 125 Å². The minimum atomic E-state index is -0.411. The number of hydrogen-bond acceptors (Lipinski definition) is 4. The molecule has 3 rings (SSSR count). The maximum atomic E-state index is 12.2. The van der Waals surface area contributed by atoms with Gasteiger partial charge in [-0.25, -0.2) is 4.68 Å². The van der Waals surface area contributed by atoms with Crippen LogP contribution in [0.15, 0.2) is 60.0 Å². The predicted molar refractivity (Wildman–Crippen MR) is 80.8 cm³/mol. The second-order valence-electron chi connectivity index (χ2n) is 4.71. The second-order valence-corrected chi connectivity index (χ2v) is 4.71. The molecule has 0 bridgehead atoms. The number of aromatic nitrogens is 4. The second kappa shape index (κ2) is 5.65. The highest BCUT2D eigenvalue weighted by Crippen LogP contribution is 2.18. The van der Waals surface area contributed by atoms with Crippen molar-refractivity contribution in [3.63, 3.8) is 0 Å². The number of hydrogen-bond donors (Lipinski definition) is 1. The Balaban J connectivity index is 1.87. The Hall–Kier alpha value is -3.22. The highest BCUT2D eigenvalue weighted by Gasteiger charge is 2.09. The summed E-state index contributed by atoms with van der Waals surface area (Å²) in [6.07, 6.45) is 8.12. The van der Waals surface area contributed by atoms with Crippen LogP contribution in [0.2, 0.25) is 0 Å². The predicted octanol–water partition coefficient (Wildman–Crippen LogP) is 1.03. The highest BCUT2D eigenvalue weighted by atomic mass is 16.2. The smallest absolute Gasteiger partial charge is 0.271 e. The van der Waals surface area contributed by atoms with Crippen molar-refractivity contribution in [3.05, 3.63) is 71.2 Å². The number of nitrogens with zero attached hydrogens (tertiary/aromatic N) is 4. The molecular formula is C15H13N5O2. The van der Waals surface area contributed by atoms with Crippen LogP contribution in [0.5, 0.6) is 0 Å². The lowest BCUT2D eigenvalue weighted by atomic mass is 10.1. The summed E-state index contributed by atoms with van der Waals surface area (Å²) in [5.41, 5.74) is 4.20. The summed E-state index contributed by atoms with van der Waals surface area (Å²) in [7, 11) is 1.81. The highest BCUT2D eigenvalue weighted by molar-refractivity contribution is 6.00. The van der Waals surface area contributed by atoms with Gasteiger partial charge in [0, 0.05) is 49.0 Å². The van der Waals surface area contributed by atoms with E-state index >= 15 is 0 Å². The van der Waals surface area contributed by atoms with Crippen LogP contribution >= 0.6 is 0 Å². The molecule has 7 heteroatoms. The lowest BCUT2D eigenvalue weighted by Crippen LogP contribution is -2.31.